The Labute approximate surface area is 93.7 Å². The maximum atomic E-state index is 13.1. The first-order chi connectivity index (χ1) is 7.47. The van der Waals surface area contributed by atoms with Crippen molar-refractivity contribution in [3.63, 3.8) is 0 Å². The number of benzene rings is 1. The quantitative estimate of drug-likeness (QED) is 0.783. The Morgan fingerprint density at radius 2 is 1.62 bits per heavy atom. The Morgan fingerprint density at radius 3 is 2.00 bits per heavy atom. The van der Waals surface area contributed by atoms with E-state index in [9.17, 15) is 13.2 Å². The summed E-state index contributed by atoms with van der Waals surface area (Å²) in [4.78, 5) is 0. The number of rotatable bonds is 4. The maximum Gasteiger partial charge on any atom is 0.194 e. The highest BCUT2D eigenvalue weighted by atomic mass is 19.2. The summed E-state index contributed by atoms with van der Waals surface area (Å²) in [6, 6.07) is 1.92. The van der Waals surface area contributed by atoms with Crippen LogP contribution in [0.2, 0.25) is 0 Å². The highest BCUT2D eigenvalue weighted by molar-refractivity contribution is 5.23. The van der Waals surface area contributed by atoms with Gasteiger partial charge < -0.3 is 5.32 Å². The van der Waals surface area contributed by atoms with E-state index in [2.05, 4.69) is 5.32 Å². The summed E-state index contributed by atoms with van der Waals surface area (Å²) in [5.74, 6) is -3.52. The molecule has 1 unspecified atom stereocenters. The van der Waals surface area contributed by atoms with Crippen molar-refractivity contribution >= 4 is 0 Å². The molecule has 0 amide bonds. The monoisotopic (exact) mass is 231 g/mol. The lowest BCUT2D eigenvalue weighted by molar-refractivity contribution is 0.405. The van der Waals surface area contributed by atoms with Crippen LogP contribution in [0.15, 0.2) is 12.1 Å². The number of halogens is 3. The average Bonchev–Trinajstić information content (AvgIpc) is 2.21. The summed E-state index contributed by atoms with van der Waals surface area (Å²) in [7, 11) is 0. The van der Waals surface area contributed by atoms with Crippen molar-refractivity contribution in [1.29, 1.82) is 0 Å². The average molecular weight is 231 g/mol. The third-order valence-corrected chi connectivity index (χ3v) is 2.46. The summed E-state index contributed by atoms with van der Waals surface area (Å²) in [5, 5.41) is 3.12. The van der Waals surface area contributed by atoms with Crippen LogP contribution in [0, 0.1) is 23.4 Å². The molecule has 0 radical (unpaired) electrons. The van der Waals surface area contributed by atoms with Crippen molar-refractivity contribution in [2.45, 2.75) is 26.8 Å². The minimum atomic E-state index is -1.41. The molecule has 0 fully saturated rings. The lowest BCUT2D eigenvalue weighted by Gasteiger charge is -2.22. The van der Waals surface area contributed by atoms with E-state index in [1.165, 1.54) is 0 Å². The molecule has 0 aromatic heterocycles. The minimum Gasteiger partial charge on any atom is -0.310 e. The number of hydrogen-bond acceptors (Lipinski definition) is 1. The summed E-state index contributed by atoms with van der Waals surface area (Å²) < 4.78 is 38.9. The Balaban J connectivity index is 3.10. The molecule has 1 nitrogen and oxygen atoms in total. The minimum absolute atomic E-state index is 0.171. The van der Waals surface area contributed by atoms with Crippen molar-refractivity contribution < 1.29 is 13.2 Å². The van der Waals surface area contributed by atoms with Gasteiger partial charge in [0.25, 0.3) is 0 Å². The Bertz CT molecular complexity index is 340. The molecule has 0 spiro atoms. The second kappa shape index (κ2) is 5.34. The molecular formula is C12H16F3N. The van der Waals surface area contributed by atoms with Crippen LogP contribution < -0.4 is 5.32 Å². The maximum absolute atomic E-state index is 13.1. The zero-order chi connectivity index (χ0) is 12.3. The highest BCUT2D eigenvalue weighted by Crippen LogP contribution is 2.24. The molecule has 0 aliphatic rings. The second-order valence-electron chi connectivity index (χ2n) is 4.08. The van der Waals surface area contributed by atoms with Gasteiger partial charge in [0.2, 0.25) is 0 Å². The highest BCUT2D eigenvalue weighted by Gasteiger charge is 2.19. The first-order valence-electron chi connectivity index (χ1n) is 5.35. The summed E-state index contributed by atoms with van der Waals surface area (Å²) >= 11 is 0. The van der Waals surface area contributed by atoms with Crippen LogP contribution in [0.5, 0.6) is 0 Å². The topological polar surface area (TPSA) is 12.0 Å². The molecule has 4 heteroatoms. The van der Waals surface area contributed by atoms with Gasteiger partial charge in [-0.3, -0.25) is 0 Å². The van der Waals surface area contributed by atoms with Crippen LogP contribution in [-0.4, -0.2) is 6.54 Å². The molecular weight excluding hydrogens is 215 g/mol. The van der Waals surface area contributed by atoms with Crippen LogP contribution in [0.3, 0.4) is 0 Å². The molecule has 0 saturated heterocycles. The van der Waals surface area contributed by atoms with E-state index in [1.807, 2.05) is 20.8 Å². The molecule has 16 heavy (non-hydrogen) atoms. The van der Waals surface area contributed by atoms with Crippen LogP contribution >= 0.6 is 0 Å². The summed E-state index contributed by atoms with van der Waals surface area (Å²) in [5.41, 5.74) is 0.438. The predicted octanol–water partition coefficient (Wildman–Crippen LogP) is 3.41. The van der Waals surface area contributed by atoms with Gasteiger partial charge in [-0.05, 0) is 30.2 Å². The van der Waals surface area contributed by atoms with Crippen molar-refractivity contribution in [1.82, 2.24) is 5.32 Å². The molecule has 0 aliphatic heterocycles. The zero-order valence-electron chi connectivity index (χ0n) is 9.65. The van der Waals surface area contributed by atoms with Crippen molar-refractivity contribution in [3.05, 3.63) is 35.1 Å². The molecule has 1 aromatic rings. The molecule has 1 aromatic carbocycles. The standard InChI is InChI=1S/C12H16F3N/c1-4-16-12(7(2)3)8-5-9(13)11(15)10(14)6-8/h5-7,12,16H,4H2,1-3H3. The van der Waals surface area contributed by atoms with E-state index in [0.717, 1.165) is 12.1 Å². The number of hydrogen-bond donors (Lipinski definition) is 1. The lowest BCUT2D eigenvalue weighted by Crippen LogP contribution is -2.25. The third-order valence-electron chi connectivity index (χ3n) is 2.46. The molecule has 0 aliphatic carbocycles. The molecule has 90 valence electrons. The fraction of sp³-hybridized carbons (Fsp3) is 0.500. The fourth-order valence-corrected chi connectivity index (χ4v) is 1.71. The smallest absolute Gasteiger partial charge is 0.194 e. The summed E-state index contributed by atoms with van der Waals surface area (Å²) in [6.07, 6.45) is 0. The van der Waals surface area contributed by atoms with E-state index in [1.54, 1.807) is 0 Å². The van der Waals surface area contributed by atoms with Crippen LogP contribution in [0.25, 0.3) is 0 Å². The Morgan fingerprint density at radius 1 is 1.12 bits per heavy atom. The normalized spacial score (nSPS) is 13.2. The van der Waals surface area contributed by atoms with Crippen molar-refractivity contribution in [2.75, 3.05) is 6.54 Å². The van der Waals surface area contributed by atoms with Gasteiger partial charge in [0, 0.05) is 6.04 Å². The molecule has 1 atom stereocenters. The van der Waals surface area contributed by atoms with Gasteiger partial charge in [0.05, 0.1) is 0 Å². The summed E-state index contributed by atoms with van der Waals surface area (Å²) in [6.45, 7) is 6.47. The van der Waals surface area contributed by atoms with Gasteiger partial charge in [-0.2, -0.15) is 0 Å². The van der Waals surface area contributed by atoms with Gasteiger partial charge in [-0.25, -0.2) is 13.2 Å². The zero-order valence-corrected chi connectivity index (χ0v) is 9.65. The van der Waals surface area contributed by atoms with Gasteiger partial charge in [0.1, 0.15) is 0 Å². The van der Waals surface area contributed by atoms with Gasteiger partial charge in [0.15, 0.2) is 17.5 Å². The van der Waals surface area contributed by atoms with E-state index in [-0.39, 0.29) is 12.0 Å². The molecule has 1 N–H and O–H groups in total. The van der Waals surface area contributed by atoms with Crippen molar-refractivity contribution in [3.8, 4) is 0 Å². The van der Waals surface area contributed by atoms with Crippen molar-refractivity contribution in [2.24, 2.45) is 5.92 Å². The molecule has 0 saturated carbocycles. The lowest BCUT2D eigenvalue weighted by atomic mass is 9.95. The van der Waals surface area contributed by atoms with E-state index in [4.69, 9.17) is 0 Å². The van der Waals surface area contributed by atoms with Gasteiger partial charge in [-0.15, -0.1) is 0 Å². The molecule has 0 heterocycles. The Hall–Kier alpha value is -1.03. The Kier molecular flexibility index (Phi) is 4.35. The SMILES string of the molecule is CCNC(c1cc(F)c(F)c(F)c1)C(C)C. The van der Waals surface area contributed by atoms with E-state index >= 15 is 0 Å². The van der Waals surface area contributed by atoms with Crippen LogP contribution in [0.1, 0.15) is 32.4 Å². The largest absolute Gasteiger partial charge is 0.310 e. The first-order valence-corrected chi connectivity index (χ1v) is 5.35. The molecule has 0 bridgehead atoms. The van der Waals surface area contributed by atoms with Gasteiger partial charge in [-0.1, -0.05) is 20.8 Å². The first kappa shape index (κ1) is 13.0. The van der Waals surface area contributed by atoms with Crippen LogP contribution in [-0.2, 0) is 0 Å². The van der Waals surface area contributed by atoms with E-state index in [0.29, 0.717) is 12.1 Å². The molecule has 1 rings (SSSR count). The third kappa shape index (κ3) is 2.76. The number of nitrogens with one attached hydrogen (secondary N) is 1. The second-order valence-corrected chi connectivity index (χ2v) is 4.08. The van der Waals surface area contributed by atoms with Gasteiger partial charge >= 0.3 is 0 Å². The van der Waals surface area contributed by atoms with E-state index < -0.39 is 17.5 Å². The fourth-order valence-electron chi connectivity index (χ4n) is 1.71. The van der Waals surface area contributed by atoms with Crippen LogP contribution in [0.4, 0.5) is 13.2 Å². The predicted molar refractivity (Wildman–Crippen MR) is 57.6 cm³/mol.